The fourth-order valence-electron chi connectivity index (χ4n) is 2.00. The molecule has 1 heterocycles. The zero-order valence-electron chi connectivity index (χ0n) is 10.5. The predicted molar refractivity (Wildman–Crippen MR) is 67.3 cm³/mol. The summed E-state index contributed by atoms with van der Waals surface area (Å²) in [6.07, 6.45) is 0.108. The molecule has 19 heavy (non-hydrogen) atoms. The van der Waals surface area contributed by atoms with Gasteiger partial charge in [-0.25, -0.2) is 0 Å². The van der Waals surface area contributed by atoms with Crippen molar-refractivity contribution in [3.8, 4) is 0 Å². The number of aromatic nitrogens is 4. The van der Waals surface area contributed by atoms with Gasteiger partial charge in [-0.15, -0.1) is 10.2 Å². The van der Waals surface area contributed by atoms with E-state index in [1.807, 2.05) is 6.07 Å². The lowest BCUT2D eigenvalue weighted by molar-refractivity contribution is -0.143. The van der Waals surface area contributed by atoms with E-state index in [0.29, 0.717) is 11.4 Å². The van der Waals surface area contributed by atoms with Crippen LogP contribution >= 0.6 is 0 Å². The second kappa shape index (κ2) is 5.15. The highest BCUT2D eigenvalue weighted by molar-refractivity contribution is 5.82. The molecule has 0 saturated carbocycles. The summed E-state index contributed by atoms with van der Waals surface area (Å²) in [5, 5.41) is 21.2. The van der Waals surface area contributed by atoms with Gasteiger partial charge in [0.2, 0.25) is 0 Å². The molecule has 0 spiro atoms. The highest BCUT2D eigenvalue weighted by Crippen LogP contribution is 2.27. The Balaban J connectivity index is 2.43. The fourth-order valence-corrected chi connectivity index (χ4v) is 2.00. The van der Waals surface area contributed by atoms with Crippen molar-refractivity contribution in [2.45, 2.75) is 11.8 Å². The minimum Gasteiger partial charge on any atom is -0.481 e. The standard InChI is InChI=1S/C12H15N5O2/c1-17-15-10(14-16-17)7-12(8-13,11(18)19)9-5-3-2-4-6-9/h2-6H,7-8,13H2,1H3,(H,18,19). The number of hydrogen-bond donors (Lipinski definition) is 2. The van der Waals surface area contributed by atoms with Gasteiger partial charge in [-0.3, -0.25) is 4.79 Å². The number of rotatable bonds is 5. The van der Waals surface area contributed by atoms with Gasteiger partial charge in [0.25, 0.3) is 0 Å². The number of tetrazole rings is 1. The van der Waals surface area contributed by atoms with E-state index < -0.39 is 11.4 Å². The Labute approximate surface area is 110 Å². The molecule has 3 N–H and O–H groups in total. The SMILES string of the molecule is Cn1nnc(CC(CN)(C(=O)O)c2ccccc2)n1. The highest BCUT2D eigenvalue weighted by atomic mass is 16.4. The lowest BCUT2D eigenvalue weighted by Crippen LogP contribution is -2.45. The first-order valence-electron chi connectivity index (χ1n) is 5.80. The van der Waals surface area contributed by atoms with Gasteiger partial charge < -0.3 is 10.8 Å². The molecule has 1 atom stereocenters. The molecule has 1 aromatic heterocycles. The first kappa shape index (κ1) is 13.2. The van der Waals surface area contributed by atoms with Crippen LogP contribution in [0.25, 0.3) is 0 Å². The maximum Gasteiger partial charge on any atom is 0.315 e. The minimum atomic E-state index is -1.23. The highest BCUT2D eigenvalue weighted by Gasteiger charge is 2.40. The van der Waals surface area contributed by atoms with Crippen molar-refractivity contribution in [1.29, 1.82) is 0 Å². The Morgan fingerprint density at radius 1 is 1.42 bits per heavy atom. The molecule has 7 heteroatoms. The zero-order chi connectivity index (χ0) is 13.9. The van der Waals surface area contributed by atoms with Crippen molar-refractivity contribution in [2.75, 3.05) is 6.54 Å². The van der Waals surface area contributed by atoms with E-state index in [2.05, 4.69) is 15.4 Å². The predicted octanol–water partition coefficient (Wildman–Crippen LogP) is -0.266. The van der Waals surface area contributed by atoms with Crippen LogP contribution in [0, 0.1) is 0 Å². The molecule has 0 radical (unpaired) electrons. The van der Waals surface area contributed by atoms with Gasteiger partial charge in [0.15, 0.2) is 5.82 Å². The van der Waals surface area contributed by atoms with Crippen LogP contribution in [0.3, 0.4) is 0 Å². The summed E-state index contributed by atoms with van der Waals surface area (Å²) in [6.45, 7) is -0.0371. The van der Waals surface area contributed by atoms with E-state index in [0.717, 1.165) is 0 Å². The van der Waals surface area contributed by atoms with Crippen LogP contribution in [0.4, 0.5) is 0 Å². The molecule has 0 aliphatic heterocycles. The third kappa shape index (κ3) is 2.45. The quantitative estimate of drug-likeness (QED) is 0.767. The molecule has 100 valence electrons. The smallest absolute Gasteiger partial charge is 0.315 e. The maximum absolute atomic E-state index is 11.7. The van der Waals surface area contributed by atoms with Crippen molar-refractivity contribution >= 4 is 5.97 Å². The molecule has 1 aromatic carbocycles. The van der Waals surface area contributed by atoms with Crippen LogP contribution in [-0.2, 0) is 23.7 Å². The van der Waals surface area contributed by atoms with Crippen molar-refractivity contribution < 1.29 is 9.90 Å². The van der Waals surface area contributed by atoms with Gasteiger partial charge in [0.1, 0.15) is 5.41 Å². The van der Waals surface area contributed by atoms with E-state index in [-0.39, 0.29) is 13.0 Å². The molecule has 1 unspecified atom stereocenters. The summed E-state index contributed by atoms with van der Waals surface area (Å²) < 4.78 is 0. The average Bonchev–Trinajstić information content (AvgIpc) is 2.82. The second-order valence-electron chi connectivity index (χ2n) is 4.33. The first-order valence-corrected chi connectivity index (χ1v) is 5.80. The van der Waals surface area contributed by atoms with E-state index in [9.17, 15) is 9.90 Å². The summed E-state index contributed by atoms with van der Waals surface area (Å²) in [5.41, 5.74) is 5.14. The van der Waals surface area contributed by atoms with Gasteiger partial charge in [-0.2, -0.15) is 4.80 Å². The van der Waals surface area contributed by atoms with Gasteiger partial charge in [0, 0.05) is 13.0 Å². The Morgan fingerprint density at radius 2 is 2.11 bits per heavy atom. The first-order chi connectivity index (χ1) is 9.08. The number of hydrogen-bond acceptors (Lipinski definition) is 5. The molecular weight excluding hydrogens is 246 g/mol. The Hall–Kier alpha value is -2.28. The normalized spacial score (nSPS) is 14.0. The molecule has 0 aliphatic rings. The zero-order valence-corrected chi connectivity index (χ0v) is 10.5. The Bertz CT molecular complexity index is 569. The Kier molecular flexibility index (Phi) is 3.57. The van der Waals surface area contributed by atoms with Crippen LogP contribution in [0.1, 0.15) is 11.4 Å². The molecule has 0 bridgehead atoms. The molecule has 0 amide bonds. The fraction of sp³-hybridized carbons (Fsp3) is 0.333. The number of nitrogens with zero attached hydrogens (tertiary/aromatic N) is 4. The van der Waals surface area contributed by atoms with E-state index in [1.54, 1.807) is 31.3 Å². The summed E-state index contributed by atoms with van der Waals surface area (Å²) in [6, 6.07) is 8.89. The number of aryl methyl sites for hydroxylation is 1. The molecule has 7 nitrogen and oxygen atoms in total. The lowest BCUT2D eigenvalue weighted by Gasteiger charge is -2.27. The summed E-state index contributed by atoms with van der Waals surface area (Å²) in [4.78, 5) is 13.0. The number of carbonyl (C=O) groups is 1. The molecule has 0 fully saturated rings. The summed E-state index contributed by atoms with van der Waals surface area (Å²) in [7, 11) is 1.63. The van der Waals surface area contributed by atoms with Crippen molar-refractivity contribution in [3.05, 3.63) is 41.7 Å². The third-order valence-electron chi connectivity index (χ3n) is 3.09. The van der Waals surface area contributed by atoms with E-state index in [1.165, 1.54) is 4.80 Å². The number of nitrogens with two attached hydrogens (primary N) is 1. The summed E-state index contributed by atoms with van der Waals surface area (Å²) in [5.74, 6) is -0.632. The van der Waals surface area contributed by atoms with Crippen LogP contribution in [0.15, 0.2) is 30.3 Å². The monoisotopic (exact) mass is 261 g/mol. The van der Waals surface area contributed by atoms with Crippen molar-refractivity contribution in [2.24, 2.45) is 12.8 Å². The van der Waals surface area contributed by atoms with Crippen LogP contribution < -0.4 is 5.73 Å². The molecule has 2 rings (SSSR count). The van der Waals surface area contributed by atoms with Gasteiger partial charge in [-0.1, -0.05) is 30.3 Å². The minimum absolute atomic E-state index is 0.0371. The molecular formula is C12H15N5O2. The number of carboxylic acids is 1. The molecule has 2 aromatic rings. The largest absolute Gasteiger partial charge is 0.481 e. The maximum atomic E-state index is 11.7. The van der Waals surface area contributed by atoms with E-state index in [4.69, 9.17) is 5.73 Å². The van der Waals surface area contributed by atoms with Crippen molar-refractivity contribution in [1.82, 2.24) is 20.2 Å². The van der Waals surface area contributed by atoms with Crippen molar-refractivity contribution in [3.63, 3.8) is 0 Å². The lowest BCUT2D eigenvalue weighted by atomic mass is 9.77. The van der Waals surface area contributed by atoms with Crippen LogP contribution in [-0.4, -0.2) is 37.8 Å². The number of benzene rings is 1. The Morgan fingerprint density at radius 3 is 2.58 bits per heavy atom. The van der Waals surface area contributed by atoms with E-state index >= 15 is 0 Å². The third-order valence-corrected chi connectivity index (χ3v) is 3.09. The molecule has 0 aliphatic carbocycles. The van der Waals surface area contributed by atoms with Gasteiger partial charge in [0.05, 0.1) is 7.05 Å². The van der Waals surface area contributed by atoms with Gasteiger partial charge in [-0.05, 0) is 10.8 Å². The van der Waals surface area contributed by atoms with Crippen LogP contribution in [0.2, 0.25) is 0 Å². The second-order valence-corrected chi connectivity index (χ2v) is 4.33. The average molecular weight is 261 g/mol. The topological polar surface area (TPSA) is 107 Å². The van der Waals surface area contributed by atoms with Crippen LogP contribution in [0.5, 0.6) is 0 Å². The number of aliphatic carboxylic acids is 1. The van der Waals surface area contributed by atoms with Gasteiger partial charge >= 0.3 is 5.97 Å². The molecule has 0 saturated heterocycles. The summed E-state index contributed by atoms with van der Waals surface area (Å²) >= 11 is 0. The number of carboxylic acid groups (broad SMARTS) is 1.